The van der Waals surface area contributed by atoms with E-state index in [1.807, 2.05) is 4.57 Å². The molecule has 0 radical (unpaired) electrons. The fraction of sp³-hybridized carbons (Fsp3) is 0.500. The second-order valence-electron chi connectivity index (χ2n) is 2.81. The quantitative estimate of drug-likeness (QED) is 0.688. The zero-order chi connectivity index (χ0) is 9.68. The van der Waals surface area contributed by atoms with Gasteiger partial charge in [0.25, 0.3) is 0 Å². The summed E-state index contributed by atoms with van der Waals surface area (Å²) in [7, 11) is 1.64. The van der Waals surface area contributed by atoms with E-state index < -0.39 is 0 Å². The van der Waals surface area contributed by atoms with E-state index in [2.05, 4.69) is 10.3 Å². The molecule has 0 aromatic carbocycles. The summed E-state index contributed by atoms with van der Waals surface area (Å²) in [5, 5.41) is 2.57. The Morgan fingerprint density at radius 3 is 3.08 bits per heavy atom. The van der Waals surface area contributed by atoms with Crippen molar-refractivity contribution < 1.29 is 4.79 Å². The van der Waals surface area contributed by atoms with Crippen LogP contribution in [0, 0.1) is 0 Å². The van der Waals surface area contributed by atoms with Gasteiger partial charge in [-0.25, -0.2) is 4.98 Å². The van der Waals surface area contributed by atoms with Crippen LogP contribution in [-0.2, 0) is 11.3 Å². The van der Waals surface area contributed by atoms with Crippen molar-refractivity contribution >= 4 is 11.7 Å². The smallest absolute Gasteiger partial charge is 0.219 e. The van der Waals surface area contributed by atoms with E-state index >= 15 is 0 Å². The van der Waals surface area contributed by atoms with Gasteiger partial charge in [0.1, 0.15) is 5.82 Å². The van der Waals surface area contributed by atoms with Gasteiger partial charge in [-0.2, -0.15) is 0 Å². The first kappa shape index (κ1) is 9.57. The van der Waals surface area contributed by atoms with Crippen molar-refractivity contribution in [3.05, 3.63) is 12.5 Å². The lowest BCUT2D eigenvalue weighted by atomic mass is 10.3. The largest absolute Gasteiger partial charge is 0.382 e. The molecule has 5 nitrogen and oxygen atoms in total. The van der Waals surface area contributed by atoms with Crippen molar-refractivity contribution in [1.29, 1.82) is 0 Å². The normalized spacial score (nSPS) is 9.92. The highest BCUT2D eigenvalue weighted by Crippen LogP contribution is 1.99. The minimum absolute atomic E-state index is 0.0630. The van der Waals surface area contributed by atoms with E-state index in [1.54, 1.807) is 19.6 Å². The molecule has 13 heavy (non-hydrogen) atoms. The van der Waals surface area contributed by atoms with Gasteiger partial charge in [-0.3, -0.25) is 4.79 Å². The first-order valence-electron chi connectivity index (χ1n) is 4.20. The first-order valence-corrected chi connectivity index (χ1v) is 4.20. The first-order chi connectivity index (χ1) is 6.22. The summed E-state index contributed by atoms with van der Waals surface area (Å²) in [6.45, 7) is 0.775. The number of hydrogen-bond acceptors (Lipinski definition) is 3. The lowest BCUT2D eigenvalue weighted by Gasteiger charge is -2.00. The number of nitrogen functional groups attached to an aromatic ring is 1. The topological polar surface area (TPSA) is 72.9 Å². The van der Waals surface area contributed by atoms with Crippen LogP contribution < -0.4 is 11.1 Å². The van der Waals surface area contributed by atoms with Crippen LogP contribution in [0.2, 0.25) is 0 Å². The third-order valence-electron chi connectivity index (χ3n) is 1.75. The van der Waals surface area contributed by atoms with Crippen molar-refractivity contribution in [2.75, 3.05) is 12.8 Å². The van der Waals surface area contributed by atoms with E-state index in [4.69, 9.17) is 5.73 Å². The zero-order valence-corrected chi connectivity index (χ0v) is 7.66. The van der Waals surface area contributed by atoms with Crippen LogP contribution in [0.25, 0.3) is 0 Å². The fourth-order valence-electron chi connectivity index (χ4n) is 1.05. The molecule has 1 amide bonds. The number of imidazole rings is 1. The Morgan fingerprint density at radius 2 is 2.54 bits per heavy atom. The molecule has 1 aromatic heterocycles. The Bertz CT molecular complexity index is 281. The molecule has 3 N–H and O–H groups in total. The van der Waals surface area contributed by atoms with Gasteiger partial charge in [-0.1, -0.05) is 0 Å². The van der Waals surface area contributed by atoms with Crippen LogP contribution in [-0.4, -0.2) is 22.5 Å². The predicted octanol–water partition coefficient (Wildman–Crippen LogP) is -0.00850. The van der Waals surface area contributed by atoms with E-state index in [1.165, 1.54) is 0 Å². The van der Waals surface area contributed by atoms with Crippen molar-refractivity contribution in [3.63, 3.8) is 0 Å². The standard InChI is InChI=1S/C8H14N4O/c1-10-8(13)3-2-4-12-5-7(9)11-6-12/h5-6H,2-4,9H2,1H3,(H,10,13). The Labute approximate surface area is 76.9 Å². The van der Waals surface area contributed by atoms with Gasteiger partial charge < -0.3 is 15.6 Å². The lowest BCUT2D eigenvalue weighted by molar-refractivity contribution is -0.120. The number of rotatable bonds is 4. The molecule has 0 saturated carbocycles. The number of carbonyl (C=O) groups excluding carboxylic acids is 1. The number of amides is 1. The molecule has 0 atom stereocenters. The maximum Gasteiger partial charge on any atom is 0.219 e. The molecule has 1 heterocycles. The summed E-state index contributed by atoms with van der Waals surface area (Å²) in [6, 6.07) is 0. The lowest BCUT2D eigenvalue weighted by Crippen LogP contribution is -2.17. The summed E-state index contributed by atoms with van der Waals surface area (Å²) >= 11 is 0. The van der Waals surface area contributed by atoms with Gasteiger partial charge in [0.05, 0.1) is 6.33 Å². The summed E-state index contributed by atoms with van der Waals surface area (Å²) in [5.41, 5.74) is 5.43. The highest BCUT2D eigenvalue weighted by Gasteiger charge is 1.98. The predicted molar refractivity (Wildman–Crippen MR) is 49.9 cm³/mol. The van der Waals surface area contributed by atoms with Gasteiger partial charge in [-0.05, 0) is 6.42 Å². The summed E-state index contributed by atoms with van der Waals surface area (Å²) in [5.74, 6) is 0.577. The number of aromatic nitrogens is 2. The van der Waals surface area contributed by atoms with Gasteiger partial charge in [0.2, 0.25) is 5.91 Å². The third-order valence-corrected chi connectivity index (χ3v) is 1.75. The highest BCUT2D eigenvalue weighted by molar-refractivity contribution is 5.75. The zero-order valence-electron chi connectivity index (χ0n) is 7.66. The maximum atomic E-state index is 10.8. The molecule has 0 bridgehead atoms. The Kier molecular flexibility index (Phi) is 3.31. The van der Waals surface area contributed by atoms with E-state index in [9.17, 15) is 4.79 Å². The summed E-state index contributed by atoms with van der Waals surface area (Å²) in [6.07, 6.45) is 4.76. The number of anilines is 1. The van der Waals surface area contributed by atoms with E-state index in [0.29, 0.717) is 12.2 Å². The molecule has 5 heteroatoms. The molecule has 0 saturated heterocycles. The molecule has 0 unspecified atom stereocenters. The average Bonchev–Trinajstić information content (AvgIpc) is 2.51. The molecule has 1 rings (SSSR count). The van der Waals surface area contributed by atoms with Gasteiger partial charge in [0, 0.05) is 26.2 Å². The van der Waals surface area contributed by atoms with Crippen LogP contribution in [0.1, 0.15) is 12.8 Å². The Balaban J connectivity index is 2.24. The highest BCUT2D eigenvalue weighted by atomic mass is 16.1. The second-order valence-corrected chi connectivity index (χ2v) is 2.81. The van der Waals surface area contributed by atoms with Crippen LogP contribution in [0.15, 0.2) is 12.5 Å². The van der Waals surface area contributed by atoms with E-state index in [0.717, 1.165) is 13.0 Å². The third kappa shape index (κ3) is 3.14. The number of hydrogen-bond donors (Lipinski definition) is 2. The molecular weight excluding hydrogens is 168 g/mol. The van der Waals surface area contributed by atoms with Gasteiger partial charge >= 0.3 is 0 Å². The average molecular weight is 182 g/mol. The van der Waals surface area contributed by atoms with Crippen LogP contribution in [0.5, 0.6) is 0 Å². The van der Waals surface area contributed by atoms with Crippen molar-refractivity contribution in [1.82, 2.24) is 14.9 Å². The summed E-state index contributed by atoms with van der Waals surface area (Å²) < 4.78 is 1.87. The number of nitrogens with two attached hydrogens (primary N) is 1. The van der Waals surface area contributed by atoms with Crippen molar-refractivity contribution in [2.24, 2.45) is 0 Å². The minimum Gasteiger partial charge on any atom is -0.382 e. The molecule has 0 aliphatic heterocycles. The maximum absolute atomic E-state index is 10.8. The minimum atomic E-state index is 0.0630. The summed E-state index contributed by atoms with van der Waals surface area (Å²) in [4.78, 5) is 14.7. The number of nitrogens with zero attached hydrogens (tertiary/aromatic N) is 2. The Hall–Kier alpha value is -1.52. The number of aryl methyl sites for hydroxylation is 1. The molecule has 0 spiro atoms. The van der Waals surface area contributed by atoms with Crippen LogP contribution in [0.4, 0.5) is 5.82 Å². The monoisotopic (exact) mass is 182 g/mol. The molecule has 0 aliphatic rings. The Morgan fingerprint density at radius 1 is 1.77 bits per heavy atom. The van der Waals surface area contributed by atoms with Gasteiger partial charge in [-0.15, -0.1) is 0 Å². The van der Waals surface area contributed by atoms with E-state index in [-0.39, 0.29) is 5.91 Å². The molecule has 0 fully saturated rings. The second kappa shape index (κ2) is 4.49. The number of nitrogens with one attached hydrogen (secondary N) is 1. The SMILES string of the molecule is CNC(=O)CCCn1cnc(N)c1. The fourth-order valence-corrected chi connectivity index (χ4v) is 1.05. The molecule has 72 valence electrons. The molecule has 1 aromatic rings. The number of carbonyl (C=O) groups is 1. The molecular formula is C8H14N4O. The van der Waals surface area contributed by atoms with Crippen molar-refractivity contribution in [3.8, 4) is 0 Å². The molecule has 0 aliphatic carbocycles. The van der Waals surface area contributed by atoms with Gasteiger partial charge in [0.15, 0.2) is 0 Å². The van der Waals surface area contributed by atoms with Crippen molar-refractivity contribution in [2.45, 2.75) is 19.4 Å². The van der Waals surface area contributed by atoms with Crippen LogP contribution in [0.3, 0.4) is 0 Å². The van der Waals surface area contributed by atoms with Crippen LogP contribution >= 0.6 is 0 Å².